The van der Waals surface area contributed by atoms with E-state index >= 15 is 0 Å². The quantitative estimate of drug-likeness (QED) is 0.422. The maximum Gasteiger partial charge on any atom is 0.284 e. The normalized spacial score (nSPS) is 24.8. The molecular weight excluding hydrogens is 468 g/mol. The number of alkyl halides is 2. The van der Waals surface area contributed by atoms with E-state index in [2.05, 4.69) is 32.7 Å². The van der Waals surface area contributed by atoms with E-state index in [9.17, 15) is 18.7 Å². The van der Waals surface area contributed by atoms with Gasteiger partial charge in [0.1, 0.15) is 11.4 Å². The van der Waals surface area contributed by atoms with Crippen LogP contribution in [0.25, 0.3) is 5.65 Å². The summed E-state index contributed by atoms with van der Waals surface area (Å²) in [4.78, 5) is 17.7. The first-order chi connectivity index (χ1) is 17.4. The van der Waals surface area contributed by atoms with E-state index in [0.29, 0.717) is 17.4 Å². The Kier molecular flexibility index (Phi) is 7.17. The molecule has 0 spiro atoms. The minimum Gasteiger partial charge on any atom is -0.391 e. The van der Waals surface area contributed by atoms with Crippen LogP contribution < -0.4 is 10.6 Å². The molecule has 0 unspecified atom stereocenters. The van der Waals surface area contributed by atoms with Crippen molar-refractivity contribution in [1.82, 2.24) is 24.4 Å². The lowest BCUT2D eigenvalue weighted by atomic mass is 9.85. The number of rotatable bonds is 7. The SMILES string of the molecule is CC[C@H]1CC[C@H](n2cc(NC(=O)c3cnn4ccc(N[C@@H]5CCCC[C@@H]5O)nc34)c(C(F)F)n2)CC1. The largest absolute Gasteiger partial charge is 0.391 e. The van der Waals surface area contributed by atoms with E-state index in [1.807, 2.05) is 0 Å². The highest BCUT2D eigenvalue weighted by Gasteiger charge is 2.27. The Morgan fingerprint density at radius 3 is 2.69 bits per heavy atom. The van der Waals surface area contributed by atoms with Crippen molar-refractivity contribution >= 4 is 23.1 Å². The minimum atomic E-state index is -2.81. The van der Waals surface area contributed by atoms with E-state index in [-0.39, 0.29) is 23.3 Å². The molecule has 3 aromatic heterocycles. The van der Waals surface area contributed by atoms with Gasteiger partial charge in [-0.15, -0.1) is 0 Å². The van der Waals surface area contributed by atoms with Gasteiger partial charge in [0.15, 0.2) is 11.3 Å². The van der Waals surface area contributed by atoms with E-state index in [4.69, 9.17) is 0 Å². The summed E-state index contributed by atoms with van der Waals surface area (Å²) >= 11 is 0. The van der Waals surface area contributed by atoms with Crippen LogP contribution in [0.15, 0.2) is 24.7 Å². The summed E-state index contributed by atoms with van der Waals surface area (Å²) in [5.41, 5.74) is 0.0385. The van der Waals surface area contributed by atoms with Crippen molar-refractivity contribution in [3.05, 3.63) is 35.9 Å². The predicted molar refractivity (Wildman–Crippen MR) is 131 cm³/mol. The molecule has 36 heavy (non-hydrogen) atoms. The highest BCUT2D eigenvalue weighted by atomic mass is 19.3. The van der Waals surface area contributed by atoms with Crippen molar-refractivity contribution in [2.45, 2.75) is 89.3 Å². The average molecular weight is 502 g/mol. The molecule has 0 aliphatic heterocycles. The standard InChI is InChI=1S/C25H33F2N7O2/c1-2-15-7-9-16(10-8-15)34-14-19(22(32-34)23(26)27)30-25(36)17-13-28-33-12-11-21(31-24(17)33)29-18-5-3-4-6-20(18)35/h11-16,18,20,23,35H,2-10H2,1H3,(H,29,31)(H,30,36)/t15-,16-,18-,20+/m1/s1. The Morgan fingerprint density at radius 2 is 1.97 bits per heavy atom. The van der Waals surface area contributed by atoms with E-state index < -0.39 is 24.1 Å². The first-order valence-corrected chi connectivity index (χ1v) is 12.9. The summed E-state index contributed by atoms with van der Waals surface area (Å²) < 4.78 is 30.6. The molecule has 9 nitrogen and oxygen atoms in total. The fraction of sp³-hybridized carbons (Fsp3) is 0.600. The van der Waals surface area contributed by atoms with Gasteiger partial charge in [0.05, 0.1) is 30.1 Å². The van der Waals surface area contributed by atoms with Gasteiger partial charge >= 0.3 is 0 Å². The Labute approximate surface area is 208 Å². The number of nitrogens with one attached hydrogen (secondary N) is 2. The molecule has 2 fully saturated rings. The number of hydrogen-bond donors (Lipinski definition) is 3. The van der Waals surface area contributed by atoms with Gasteiger partial charge < -0.3 is 15.7 Å². The molecule has 2 aliphatic carbocycles. The molecule has 0 saturated heterocycles. The third-order valence-electron chi connectivity index (χ3n) is 7.66. The fourth-order valence-corrected chi connectivity index (χ4v) is 5.44. The van der Waals surface area contributed by atoms with Gasteiger partial charge in [0.25, 0.3) is 12.3 Å². The van der Waals surface area contributed by atoms with Crippen LogP contribution in [-0.2, 0) is 0 Å². The van der Waals surface area contributed by atoms with Crippen LogP contribution in [0.2, 0.25) is 0 Å². The monoisotopic (exact) mass is 501 g/mol. The average Bonchev–Trinajstić information content (AvgIpc) is 3.50. The number of hydrogen-bond acceptors (Lipinski definition) is 6. The predicted octanol–water partition coefficient (Wildman–Crippen LogP) is 4.97. The fourth-order valence-electron chi connectivity index (χ4n) is 5.44. The van der Waals surface area contributed by atoms with Crippen LogP contribution in [0.3, 0.4) is 0 Å². The summed E-state index contributed by atoms with van der Waals surface area (Å²) in [6, 6.07) is 1.67. The molecule has 3 heterocycles. The summed E-state index contributed by atoms with van der Waals surface area (Å²) in [5.74, 6) is 0.615. The number of aliphatic hydroxyl groups excluding tert-OH is 1. The van der Waals surface area contributed by atoms with Gasteiger partial charge in [-0.2, -0.15) is 10.2 Å². The smallest absolute Gasteiger partial charge is 0.284 e. The number of fused-ring (bicyclic) bond motifs is 1. The third kappa shape index (κ3) is 5.07. The number of amides is 1. The Balaban J connectivity index is 1.35. The number of carbonyl (C=O) groups excluding carboxylic acids is 1. The molecule has 3 N–H and O–H groups in total. The van der Waals surface area contributed by atoms with E-state index in [1.165, 1.54) is 16.9 Å². The van der Waals surface area contributed by atoms with Crippen LogP contribution in [0, 0.1) is 5.92 Å². The van der Waals surface area contributed by atoms with Gasteiger partial charge in [-0.05, 0) is 50.5 Å². The zero-order chi connectivity index (χ0) is 25.2. The molecule has 0 aromatic carbocycles. The van der Waals surface area contributed by atoms with E-state index in [1.54, 1.807) is 16.9 Å². The number of anilines is 2. The third-order valence-corrected chi connectivity index (χ3v) is 7.66. The minimum absolute atomic E-state index is 0.00609. The number of halogens is 2. The maximum atomic E-state index is 13.8. The Bertz CT molecular complexity index is 1200. The molecule has 11 heteroatoms. The van der Waals surface area contributed by atoms with Gasteiger partial charge in [-0.3, -0.25) is 9.48 Å². The number of carbonyl (C=O) groups is 1. The van der Waals surface area contributed by atoms with Crippen LogP contribution in [0.1, 0.15) is 93.2 Å². The van der Waals surface area contributed by atoms with Crippen molar-refractivity contribution < 1.29 is 18.7 Å². The second kappa shape index (κ2) is 10.5. The molecule has 5 rings (SSSR count). The summed E-state index contributed by atoms with van der Waals surface area (Å²) in [6.45, 7) is 2.18. The molecule has 2 atom stereocenters. The van der Waals surface area contributed by atoms with Crippen LogP contribution in [-0.4, -0.2) is 47.5 Å². The van der Waals surface area contributed by atoms with Gasteiger partial charge in [-0.1, -0.05) is 26.2 Å². The lowest BCUT2D eigenvalue weighted by Gasteiger charge is -2.28. The molecule has 1 amide bonds. The van der Waals surface area contributed by atoms with Crippen LogP contribution in [0.5, 0.6) is 0 Å². The molecule has 2 aliphatic rings. The van der Waals surface area contributed by atoms with Crippen molar-refractivity contribution in [2.75, 3.05) is 10.6 Å². The second-order valence-electron chi connectivity index (χ2n) is 9.99. The topological polar surface area (TPSA) is 109 Å². The van der Waals surface area contributed by atoms with Crippen LogP contribution in [0.4, 0.5) is 20.3 Å². The van der Waals surface area contributed by atoms with Gasteiger partial charge in [0.2, 0.25) is 0 Å². The number of aliphatic hydroxyl groups is 1. The molecule has 194 valence electrons. The highest BCUT2D eigenvalue weighted by Crippen LogP contribution is 2.36. The zero-order valence-electron chi connectivity index (χ0n) is 20.4. The number of aromatic nitrogens is 5. The number of nitrogens with zero attached hydrogens (tertiary/aromatic N) is 5. The van der Waals surface area contributed by atoms with Crippen molar-refractivity contribution in [3.8, 4) is 0 Å². The Morgan fingerprint density at radius 1 is 1.19 bits per heavy atom. The second-order valence-corrected chi connectivity index (χ2v) is 9.99. The summed E-state index contributed by atoms with van der Waals surface area (Å²) in [5, 5.41) is 24.5. The molecular formula is C25H33F2N7O2. The van der Waals surface area contributed by atoms with Gasteiger partial charge in [-0.25, -0.2) is 18.3 Å². The molecule has 3 aromatic rings. The van der Waals surface area contributed by atoms with Gasteiger partial charge in [0, 0.05) is 12.4 Å². The van der Waals surface area contributed by atoms with Crippen molar-refractivity contribution in [2.24, 2.45) is 5.92 Å². The van der Waals surface area contributed by atoms with Crippen molar-refractivity contribution in [1.29, 1.82) is 0 Å². The highest BCUT2D eigenvalue weighted by molar-refractivity contribution is 6.08. The van der Waals surface area contributed by atoms with Crippen LogP contribution >= 0.6 is 0 Å². The summed E-state index contributed by atoms with van der Waals surface area (Å²) in [7, 11) is 0. The van der Waals surface area contributed by atoms with Crippen molar-refractivity contribution in [3.63, 3.8) is 0 Å². The Hall–Kier alpha value is -3.08. The lowest BCUT2D eigenvalue weighted by Crippen LogP contribution is -2.36. The lowest BCUT2D eigenvalue weighted by molar-refractivity contribution is 0.102. The first-order valence-electron chi connectivity index (χ1n) is 12.9. The zero-order valence-corrected chi connectivity index (χ0v) is 20.4. The molecule has 2 saturated carbocycles. The summed E-state index contributed by atoms with van der Waals surface area (Å²) in [6.07, 6.45) is 9.90. The first kappa shape index (κ1) is 24.6. The molecule has 0 radical (unpaired) electrons. The van der Waals surface area contributed by atoms with E-state index in [0.717, 1.165) is 57.8 Å². The molecule has 0 bridgehead atoms. The maximum absolute atomic E-state index is 13.8.